The minimum atomic E-state index is 0.377. The van der Waals surface area contributed by atoms with E-state index >= 15 is 0 Å². The molecule has 5 aromatic rings. The van der Waals surface area contributed by atoms with Crippen LogP contribution in [0.25, 0.3) is 49.4 Å². The summed E-state index contributed by atoms with van der Waals surface area (Å²) in [6, 6.07) is 22.7. The number of benzene rings is 4. The van der Waals surface area contributed by atoms with E-state index in [1.54, 1.807) is 0 Å². The zero-order valence-corrected chi connectivity index (χ0v) is 22.5. The Morgan fingerprint density at radius 2 is 1.59 bits per heavy atom. The van der Waals surface area contributed by atoms with E-state index < -0.39 is 0 Å². The van der Waals surface area contributed by atoms with E-state index in [2.05, 4.69) is 112 Å². The van der Waals surface area contributed by atoms with Gasteiger partial charge in [0.15, 0.2) is 0 Å². The van der Waals surface area contributed by atoms with Crippen molar-refractivity contribution in [2.75, 3.05) is 0 Å². The predicted molar refractivity (Wildman–Crippen MR) is 159 cm³/mol. The Balaban J connectivity index is 1.40. The van der Waals surface area contributed by atoms with Crippen LogP contribution in [-0.4, -0.2) is 9.97 Å². The number of hydrogen-bond donors (Lipinski definition) is 2. The van der Waals surface area contributed by atoms with Crippen molar-refractivity contribution in [2.24, 2.45) is 5.92 Å². The van der Waals surface area contributed by atoms with Crippen molar-refractivity contribution in [2.45, 2.75) is 53.4 Å². The number of rotatable bonds is 5. The summed E-state index contributed by atoms with van der Waals surface area (Å²) in [4.78, 5) is 8.41. The number of hydrogen-bond acceptors (Lipinski definition) is 2. The van der Waals surface area contributed by atoms with Crippen molar-refractivity contribution in [3.05, 3.63) is 95.5 Å². The molecular formula is C34H35N3. The van der Waals surface area contributed by atoms with Crippen molar-refractivity contribution >= 4 is 38.3 Å². The average Bonchev–Trinajstić information content (AvgIpc) is 3.34. The summed E-state index contributed by atoms with van der Waals surface area (Å²) in [5.41, 5.74) is 11.1. The van der Waals surface area contributed by atoms with Gasteiger partial charge in [0, 0.05) is 28.3 Å². The van der Waals surface area contributed by atoms with Crippen LogP contribution in [0.2, 0.25) is 0 Å². The van der Waals surface area contributed by atoms with E-state index in [4.69, 9.17) is 4.98 Å². The summed E-state index contributed by atoms with van der Waals surface area (Å²) in [5.74, 6) is 1.82. The Labute approximate surface area is 219 Å². The summed E-state index contributed by atoms with van der Waals surface area (Å²) in [6.45, 7) is 15.2. The molecule has 0 fully saturated rings. The molecule has 0 bridgehead atoms. The summed E-state index contributed by atoms with van der Waals surface area (Å²) >= 11 is 0. The van der Waals surface area contributed by atoms with Gasteiger partial charge in [-0.25, -0.2) is 4.98 Å². The number of H-pyrrole nitrogens is 1. The summed E-state index contributed by atoms with van der Waals surface area (Å²) < 4.78 is 0. The van der Waals surface area contributed by atoms with Crippen LogP contribution in [0, 0.1) is 5.92 Å². The van der Waals surface area contributed by atoms with E-state index in [-0.39, 0.29) is 0 Å². The highest BCUT2D eigenvalue weighted by Crippen LogP contribution is 2.36. The van der Waals surface area contributed by atoms with Crippen LogP contribution in [0.15, 0.2) is 78.5 Å². The maximum atomic E-state index is 4.92. The monoisotopic (exact) mass is 485 g/mol. The Kier molecular flexibility index (Phi) is 5.67. The number of aromatic nitrogens is 2. The molecule has 0 unspecified atom stereocenters. The van der Waals surface area contributed by atoms with Crippen LogP contribution in [0.1, 0.15) is 63.9 Å². The topological polar surface area (TPSA) is 40.7 Å². The summed E-state index contributed by atoms with van der Waals surface area (Å²) in [5, 5.41) is 8.61. The Morgan fingerprint density at radius 3 is 2.38 bits per heavy atom. The van der Waals surface area contributed by atoms with E-state index in [0.717, 1.165) is 35.4 Å². The quantitative estimate of drug-likeness (QED) is 0.244. The lowest BCUT2D eigenvalue weighted by molar-refractivity contribution is 0.719. The molecule has 1 aromatic heterocycles. The lowest BCUT2D eigenvalue weighted by Gasteiger charge is -2.25. The molecule has 0 saturated carbocycles. The number of nitrogens with zero attached hydrogens (tertiary/aromatic N) is 1. The molecule has 0 radical (unpaired) electrons. The summed E-state index contributed by atoms with van der Waals surface area (Å²) in [6.07, 6.45) is 2.15. The minimum Gasteiger partial charge on any atom is -0.359 e. The maximum absolute atomic E-state index is 4.92. The smallest absolute Gasteiger partial charge is 0.109 e. The summed E-state index contributed by atoms with van der Waals surface area (Å²) in [7, 11) is 0. The molecule has 4 aromatic carbocycles. The molecule has 3 nitrogen and oxygen atoms in total. The number of aromatic amines is 1. The van der Waals surface area contributed by atoms with Crippen molar-refractivity contribution in [3.63, 3.8) is 0 Å². The van der Waals surface area contributed by atoms with E-state index in [1.165, 1.54) is 55.1 Å². The second-order valence-corrected chi connectivity index (χ2v) is 11.2. The zero-order chi connectivity index (χ0) is 25.8. The Hall–Kier alpha value is -3.85. The standard InChI is InChI=1S/C34H35N3/c1-19(2)22(6)35-32-21(5)7-8-26-18-24(10-13-28(26)32)23-9-12-27-25(17-23)11-14-30-29(27)15-16-31-33(30)37-34(36-31)20(3)4/h9-20,35H,6-8H2,1-5H3,(H,36,37). The first-order valence-corrected chi connectivity index (χ1v) is 13.4. The molecule has 3 heteroatoms. The van der Waals surface area contributed by atoms with Gasteiger partial charge in [0.2, 0.25) is 0 Å². The fraction of sp³-hybridized carbons (Fsp3) is 0.265. The van der Waals surface area contributed by atoms with E-state index in [9.17, 15) is 0 Å². The lowest BCUT2D eigenvalue weighted by Crippen LogP contribution is -2.19. The molecule has 0 spiro atoms. The normalized spacial score (nSPS) is 13.8. The highest BCUT2D eigenvalue weighted by atomic mass is 14.9. The maximum Gasteiger partial charge on any atom is 0.109 e. The predicted octanol–water partition coefficient (Wildman–Crippen LogP) is 9.10. The molecule has 37 heavy (non-hydrogen) atoms. The van der Waals surface area contributed by atoms with Crippen molar-refractivity contribution in [1.82, 2.24) is 15.3 Å². The van der Waals surface area contributed by atoms with Gasteiger partial charge >= 0.3 is 0 Å². The largest absolute Gasteiger partial charge is 0.359 e. The van der Waals surface area contributed by atoms with Crippen LogP contribution < -0.4 is 5.32 Å². The third-order valence-corrected chi connectivity index (χ3v) is 7.92. The van der Waals surface area contributed by atoms with Crippen molar-refractivity contribution in [3.8, 4) is 11.1 Å². The zero-order valence-electron chi connectivity index (χ0n) is 22.5. The van der Waals surface area contributed by atoms with Gasteiger partial charge in [0.25, 0.3) is 0 Å². The average molecular weight is 486 g/mol. The third kappa shape index (κ3) is 4.03. The van der Waals surface area contributed by atoms with Crippen LogP contribution in [-0.2, 0) is 6.42 Å². The minimum absolute atomic E-state index is 0.377. The van der Waals surface area contributed by atoms with Crippen LogP contribution in [0.5, 0.6) is 0 Å². The van der Waals surface area contributed by atoms with Crippen LogP contribution in [0.4, 0.5) is 0 Å². The van der Waals surface area contributed by atoms with Crippen molar-refractivity contribution in [1.29, 1.82) is 0 Å². The number of aryl methyl sites for hydroxylation is 1. The SMILES string of the molecule is C=C(NC1=C(C)CCc2cc(-c3ccc4c(ccc5c4ccc4[nH]c(C(C)C)nc45)c3)ccc21)C(C)C. The first-order valence-electron chi connectivity index (χ1n) is 13.4. The molecular weight excluding hydrogens is 450 g/mol. The second kappa shape index (κ2) is 8.92. The third-order valence-electron chi connectivity index (χ3n) is 7.92. The fourth-order valence-corrected chi connectivity index (χ4v) is 5.47. The van der Waals surface area contributed by atoms with Gasteiger partial charge in [-0.3, -0.25) is 0 Å². The van der Waals surface area contributed by atoms with Gasteiger partial charge in [0.05, 0.1) is 11.0 Å². The van der Waals surface area contributed by atoms with Gasteiger partial charge in [-0.05, 0) is 76.2 Å². The van der Waals surface area contributed by atoms with Crippen molar-refractivity contribution < 1.29 is 0 Å². The molecule has 2 N–H and O–H groups in total. The lowest BCUT2D eigenvalue weighted by atomic mass is 9.87. The number of fused-ring (bicyclic) bond motifs is 6. The van der Waals surface area contributed by atoms with Gasteiger partial charge < -0.3 is 10.3 Å². The van der Waals surface area contributed by atoms with Crippen LogP contribution >= 0.6 is 0 Å². The van der Waals surface area contributed by atoms with E-state index in [1.807, 2.05) is 0 Å². The Bertz CT molecular complexity index is 1730. The molecule has 1 aliphatic carbocycles. The highest BCUT2D eigenvalue weighted by Gasteiger charge is 2.19. The van der Waals surface area contributed by atoms with Gasteiger partial charge in [-0.1, -0.05) is 82.8 Å². The molecule has 0 atom stereocenters. The first kappa shape index (κ1) is 23.5. The molecule has 1 heterocycles. The number of imidazole rings is 1. The van der Waals surface area contributed by atoms with E-state index in [0.29, 0.717) is 11.8 Å². The highest BCUT2D eigenvalue weighted by molar-refractivity contribution is 6.16. The van der Waals surface area contributed by atoms with Crippen LogP contribution in [0.3, 0.4) is 0 Å². The molecule has 6 rings (SSSR count). The van der Waals surface area contributed by atoms with Gasteiger partial charge in [-0.15, -0.1) is 0 Å². The molecule has 0 amide bonds. The Morgan fingerprint density at radius 1 is 0.865 bits per heavy atom. The number of nitrogens with one attached hydrogen (secondary N) is 2. The fourth-order valence-electron chi connectivity index (χ4n) is 5.47. The molecule has 1 aliphatic rings. The molecule has 0 saturated heterocycles. The molecule has 0 aliphatic heterocycles. The van der Waals surface area contributed by atoms with Gasteiger partial charge in [0.1, 0.15) is 5.82 Å². The first-order chi connectivity index (χ1) is 17.8. The second-order valence-electron chi connectivity index (χ2n) is 11.2. The molecule has 186 valence electrons. The number of allylic oxidation sites excluding steroid dienone is 2. The van der Waals surface area contributed by atoms with Gasteiger partial charge in [-0.2, -0.15) is 0 Å².